The van der Waals surface area contributed by atoms with Crippen LogP contribution in [-0.2, 0) is 10.0 Å². The lowest BCUT2D eigenvalue weighted by molar-refractivity contribution is 0.102. The summed E-state index contributed by atoms with van der Waals surface area (Å²) in [4.78, 5) is 12.9. The standard InChI is InChI=1S/C21H20N4O5S2/c26-19(22-15-6-7-17-18(12-15)30-13-29-17)21-24-23-20(31-21)14-8-10-25(11-9-14)32(27,28)16-4-2-1-3-5-16/h1-7,12,14H,8-11,13H2,(H,22,26). The molecule has 2 aromatic carbocycles. The molecule has 32 heavy (non-hydrogen) atoms. The summed E-state index contributed by atoms with van der Waals surface area (Å²) in [5.41, 5.74) is 0.579. The monoisotopic (exact) mass is 472 g/mol. The van der Waals surface area contributed by atoms with E-state index >= 15 is 0 Å². The highest BCUT2D eigenvalue weighted by Gasteiger charge is 2.31. The number of amides is 1. The average molecular weight is 473 g/mol. The normalized spacial score (nSPS) is 16.8. The Balaban J connectivity index is 1.21. The van der Waals surface area contributed by atoms with Crippen molar-refractivity contribution in [3.8, 4) is 11.5 Å². The molecule has 0 bridgehead atoms. The van der Waals surface area contributed by atoms with Crippen LogP contribution in [0.1, 0.15) is 33.6 Å². The van der Waals surface area contributed by atoms with Gasteiger partial charge in [0.15, 0.2) is 11.5 Å². The van der Waals surface area contributed by atoms with E-state index in [-0.39, 0.29) is 23.6 Å². The second-order valence-corrected chi connectivity index (χ2v) is 10.4. The van der Waals surface area contributed by atoms with Gasteiger partial charge >= 0.3 is 0 Å². The highest BCUT2D eigenvalue weighted by atomic mass is 32.2. The largest absolute Gasteiger partial charge is 0.454 e. The lowest BCUT2D eigenvalue weighted by atomic mass is 9.99. The van der Waals surface area contributed by atoms with E-state index in [1.165, 1.54) is 15.6 Å². The van der Waals surface area contributed by atoms with Gasteiger partial charge in [0.25, 0.3) is 5.91 Å². The van der Waals surface area contributed by atoms with E-state index in [4.69, 9.17) is 9.47 Å². The highest BCUT2D eigenvalue weighted by Crippen LogP contribution is 2.35. The summed E-state index contributed by atoms with van der Waals surface area (Å²) in [6.45, 7) is 0.971. The molecule has 0 saturated carbocycles. The first-order chi connectivity index (χ1) is 15.5. The first kappa shape index (κ1) is 20.9. The molecule has 1 N–H and O–H groups in total. The fourth-order valence-electron chi connectivity index (χ4n) is 3.73. The minimum absolute atomic E-state index is 0.0711. The number of carbonyl (C=O) groups is 1. The molecule has 0 aliphatic carbocycles. The zero-order valence-electron chi connectivity index (χ0n) is 16.9. The average Bonchev–Trinajstić information content (AvgIpc) is 3.49. The summed E-state index contributed by atoms with van der Waals surface area (Å²) in [6, 6.07) is 13.6. The highest BCUT2D eigenvalue weighted by molar-refractivity contribution is 7.89. The van der Waals surface area contributed by atoms with Crippen molar-refractivity contribution in [2.45, 2.75) is 23.7 Å². The number of hydrogen-bond acceptors (Lipinski definition) is 8. The van der Waals surface area contributed by atoms with Crippen molar-refractivity contribution < 1.29 is 22.7 Å². The van der Waals surface area contributed by atoms with Crippen molar-refractivity contribution in [1.29, 1.82) is 0 Å². The number of ether oxygens (including phenoxy) is 2. The van der Waals surface area contributed by atoms with E-state index in [2.05, 4.69) is 15.5 Å². The first-order valence-corrected chi connectivity index (χ1v) is 12.4. The number of hydrogen-bond donors (Lipinski definition) is 1. The fourth-order valence-corrected chi connectivity index (χ4v) is 6.13. The quantitative estimate of drug-likeness (QED) is 0.607. The SMILES string of the molecule is O=C(Nc1ccc2c(c1)OCO2)c1nnc(C2CCN(S(=O)(=O)c3ccccc3)CC2)s1. The van der Waals surface area contributed by atoms with E-state index in [0.717, 1.165) is 5.01 Å². The number of benzene rings is 2. The summed E-state index contributed by atoms with van der Waals surface area (Å²) >= 11 is 1.24. The van der Waals surface area contributed by atoms with Gasteiger partial charge in [0, 0.05) is 30.8 Å². The van der Waals surface area contributed by atoms with Crippen LogP contribution in [0.15, 0.2) is 53.4 Å². The lowest BCUT2D eigenvalue weighted by Crippen LogP contribution is -2.37. The Morgan fingerprint density at radius 1 is 1.03 bits per heavy atom. The number of fused-ring (bicyclic) bond motifs is 1. The first-order valence-electron chi connectivity index (χ1n) is 10.1. The molecule has 0 unspecified atom stereocenters. The molecule has 1 fully saturated rings. The Hall–Kier alpha value is -3.02. The Morgan fingerprint density at radius 2 is 1.78 bits per heavy atom. The second kappa shape index (κ2) is 8.49. The van der Waals surface area contributed by atoms with Crippen LogP contribution in [0.3, 0.4) is 0 Å². The van der Waals surface area contributed by atoms with E-state index in [1.54, 1.807) is 48.5 Å². The number of nitrogens with zero attached hydrogens (tertiary/aromatic N) is 3. The molecule has 166 valence electrons. The van der Waals surface area contributed by atoms with Gasteiger partial charge in [-0.15, -0.1) is 10.2 Å². The van der Waals surface area contributed by atoms with Gasteiger partial charge in [-0.25, -0.2) is 8.42 Å². The van der Waals surface area contributed by atoms with Crippen molar-refractivity contribution >= 4 is 33.0 Å². The molecule has 1 saturated heterocycles. The van der Waals surface area contributed by atoms with Gasteiger partial charge < -0.3 is 14.8 Å². The topological polar surface area (TPSA) is 111 Å². The molecule has 11 heteroatoms. The Morgan fingerprint density at radius 3 is 2.56 bits per heavy atom. The van der Waals surface area contributed by atoms with Crippen molar-refractivity contribution in [3.05, 3.63) is 58.5 Å². The van der Waals surface area contributed by atoms with Crippen LogP contribution in [0.25, 0.3) is 0 Å². The summed E-state index contributed by atoms with van der Waals surface area (Å²) in [7, 11) is -3.50. The number of aromatic nitrogens is 2. The number of anilines is 1. The Labute approximate surface area is 189 Å². The van der Waals surface area contributed by atoms with Crippen molar-refractivity contribution in [3.63, 3.8) is 0 Å². The maximum Gasteiger partial charge on any atom is 0.286 e. The third-order valence-electron chi connectivity index (χ3n) is 5.45. The predicted octanol–water partition coefficient (Wildman–Crippen LogP) is 3.09. The van der Waals surface area contributed by atoms with Gasteiger partial charge in [0.1, 0.15) is 5.01 Å². The van der Waals surface area contributed by atoms with Gasteiger partial charge in [-0.05, 0) is 37.1 Å². The molecule has 0 spiro atoms. The predicted molar refractivity (Wildman–Crippen MR) is 118 cm³/mol. The molecule has 0 atom stereocenters. The molecular formula is C21H20N4O5S2. The molecule has 5 rings (SSSR count). The summed E-state index contributed by atoms with van der Waals surface area (Å²) in [5, 5.41) is 12.0. The minimum atomic E-state index is -3.50. The Bertz CT molecular complexity index is 1240. The number of rotatable bonds is 5. The summed E-state index contributed by atoms with van der Waals surface area (Å²) in [6.07, 6.45) is 1.26. The molecule has 1 aromatic heterocycles. The zero-order chi connectivity index (χ0) is 22.1. The second-order valence-electron chi connectivity index (χ2n) is 7.46. The third kappa shape index (κ3) is 4.06. The van der Waals surface area contributed by atoms with Crippen LogP contribution >= 0.6 is 11.3 Å². The third-order valence-corrected chi connectivity index (χ3v) is 8.45. The number of carbonyl (C=O) groups excluding carboxylic acids is 1. The van der Waals surface area contributed by atoms with Gasteiger partial charge in [0.2, 0.25) is 21.8 Å². The summed E-state index contributed by atoms with van der Waals surface area (Å²) in [5.74, 6) is 0.943. The number of nitrogens with one attached hydrogen (secondary N) is 1. The van der Waals surface area contributed by atoms with Crippen molar-refractivity contribution in [2.75, 3.05) is 25.2 Å². The molecule has 3 aromatic rings. The van der Waals surface area contributed by atoms with Gasteiger partial charge in [0.05, 0.1) is 4.90 Å². The molecule has 9 nitrogen and oxygen atoms in total. The zero-order valence-corrected chi connectivity index (χ0v) is 18.6. The van der Waals surface area contributed by atoms with Gasteiger partial charge in [-0.2, -0.15) is 4.31 Å². The minimum Gasteiger partial charge on any atom is -0.454 e. The molecule has 2 aliphatic rings. The van der Waals surface area contributed by atoms with Crippen molar-refractivity contribution in [2.24, 2.45) is 0 Å². The molecular weight excluding hydrogens is 452 g/mol. The van der Waals surface area contributed by atoms with Gasteiger partial charge in [-0.3, -0.25) is 4.79 Å². The number of piperidine rings is 1. The van der Waals surface area contributed by atoms with E-state index in [9.17, 15) is 13.2 Å². The molecule has 1 amide bonds. The fraction of sp³-hybridized carbons (Fsp3) is 0.286. The summed E-state index contributed by atoms with van der Waals surface area (Å²) < 4.78 is 37.7. The van der Waals surface area contributed by atoms with Crippen LogP contribution in [0.2, 0.25) is 0 Å². The van der Waals surface area contributed by atoms with E-state index < -0.39 is 10.0 Å². The Kier molecular flexibility index (Phi) is 5.53. The maximum atomic E-state index is 12.8. The van der Waals surface area contributed by atoms with Crippen LogP contribution in [-0.4, -0.2) is 48.7 Å². The maximum absolute atomic E-state index is 12.8. The lowest BCUT2D eigenvalue weighted by Gasteiger charge is -2.30. The van der Waals surface area contributed by atoms with Crippen LogP contribution in [0, 0.1) is 0 Å². The molecule has 0 radical (unpaired) electrons. The van der Waals surface area contributed by atoms with Gasteiger partial charge in [-0.1, -0.05) is 29.5 Å². The smallest absolute Gasteiger partial charge is 0.286 e. The molecule has 3 heterocycles. The van der Waals surface area contributed by atoms with Crippen LogP contribution in [0.4, 0.5) is 5.69 Å². The van der Waals surface area contributed by atoms with Crippen LogP contribution in [0.5, 0.6) is 11.5 Å². The molecule has 2 aliphatic heterocycles. The number of sulfonamides is 1. The van der Waals surface area contributed by atoms with Crippen LogP contribution < -0.4 is 14.8 Å². The van der Waals surface area contributed by atoms with E-state index in [1.807, 2.05) is 0 Å². The van der Waals surface area contributed by atoms with Crippen molar-refractivity contribution in [1.82, 2.24) is 14.5 Å². The van der Waals surface area contributed by atoms with E-state index in [0.29, 0.717) is 48.0 Å².